The van der Waals surface area contributed by atoms with Crippen LogP contribution in [-0.2, 0) is 13.2 Å². The van der Waals surface area contributed by atoms with Gasteiger partial charge >= 0.3 is 0 Å². The lowest BCUT2D eigenvalue weighted by Crippen LogP contribution is -2.03. The molecule has 2 aromatic rings. The number of aryl methyl sites for hydroxylation is 1. The van der Waals surface area contributed by atoms with E-state index in [-0.39, 0.29) is 0 Å². The van der Waals surface area contributed by atoms with Crippen molar-refractivity contribution in [1.82, 2.24) is 5.32 Å². The molecule has 96 valence electrons. The van der Waals surface area contributed by atoms with Crippen LogP contribution in [0.25, 0.3) is 0 Å². The van der Waals surface area contributed by atoms with E-state index < -0.39 is 0 Å². The molecule has 1 aromatic carbocycles. The fourth-order valence-electron chi connectivity index (χ4n) is 1.71. The van der Waals surface area contributed by atoms with E-state index in [0.717, 1.165) is 33.9 Å². The Bertz CT molecular complexity index is 522. The quantitative estimate of drug-likeness (QED) is 0.915. The Morgan fingerprint density at radius 3 is 2.83 bits per heavy atom. The van der Waals surface area contributed by atoms with Gasteiger partial charge in [0.15, 0.2) is 0 Å². The van der Waals surface area contributed by atoms with Crippen LogP contribution in [0.4, 0.5) is 0 Å². The number of benzene rings is 1. The van der Waals surface area contributed by atoms with Crippen molar-refractivity contribution in [3.8, 4) is 5.75 Å². The summed E-state index contributed by atoms with van der Waals surface area (Å²) in [5, 5.41) is 3.07. The molecule has 1 heterocycles. The van der Waals surface area contributed by atoms with Crippen molar-refractivity contribution in [1.29, 1.82) is 0 Å². The molecule has 0 amide bonds. The van der Waals surface area contributed by atoms with E-state index in [9.17, 15) is 0 Å². The van der Waals surface area contributed by atoms with E-state index in [1.807, 2.05) is 44.3 Å². The molecule has 0 radical (unpaired) electrons. The Kier molecular flexibility index (Phi) is 4.44. The van der Waals surface area contributed by atoms with Gasteiger partial charge in [-0.25, -0.2) is 0 Å². The number of rotatable bonds is 5. The smallest absolute Gasteiger partial charge is 0.133 e. The summed E-state index contributed by atoms with van der Waals surface area (Å²) in [7, 11) is 1.90. The van der Waals surface area contributed by atoms with Gasteiger partial charge < -0.3 is 14.5 Å². The number of halogens is 1. The summed E-state index contributed by atoms with van der Waals surface area (Å²) in [6.07, 6.45) is 0. The first-order chi connectivity index (χ1) is 8.70. The molecule has 0 bridgehead atoms. The highest BCUT2D eigenvalue weighted by Crippen LogP contribution is 2.25. The second-order valence-corrected chi connectivity index (χ2v) is 4.90. The Morgan fingerprint density at radius 2 is 2.11 bits per heavy atom. The van der Waals surface area contributed by atoms with Crippen LogP contribution in [-0.4, -0.2) is 7.05 Å². The molecule has 0 atom stereocenters. The molecule has 3 nitrogen and oxygen atoms in total. The van der Waals surface area contributed by atoms with Gasteiger partial charge in [-0.2, -0.15) is 0 Å². The summed E-state index contributed by atoms with van der Waals surface area (Å²) in [6.45, 7) is 3.20. The lowest BCUT2D eigenvalue weighted by molar-refractivity contribution is 0.301. The summed E-state index contributed by atoms with van der Waals surface area (Å²) < 4.78 is 12.3. The van der Waals surface area contributed by atoms with E-state index >= 15 is 0 Å². The van der Waals surface area contributed by atoms with Crippen molar-refractivity contribution in [3.63, 3.8) is 0 Å². The number of hydrogen-bond acceptors (Lipinski definition) is 3. The summed E-state index contributed by atoms with van der Waals surface area (Å²) in [4.78, 5) is 0. The Balaban J connectivity index is 2.04. The molecule has 0 aliphatic carbocycles. The van der Waals surface area contributed by atoms with Crippen molar-refractivity contribution in [2.24, 2.45) is 0 Å². The number of furan rings is 1. The first kappa shape index (κ1) is 13.2. The van der Waals surface area contributed by atoms with Crippen LogP contribution in [0.3, 0.4) is 0 Å². The minimum absolute atomic E-state index is 0.516. The molecular weight excluding hydrogens is 294 g/mol. The van der Waals surface area contributed by atoms with Crippen molar-refractivity contribution in [2.45, 2.75) is 20.1 Å². The van der Waals surface area contributed by atoms with Crippen LogP contribution >= 0.6 is 15.9 Å². The van der Waals surface area contributed by atoms with Gasteiger partial charge in [0.2, 0.25) is 0 Å². The largest absolute Gasteiger partial charge is 0.488 e. The van der Waals surface area contributed by atoms with Crippen molar-refractivity contribution in [3.05, 3.63) is 51.9 Å². The number of para-hydroxylation sites is 1. The molecule has 0 fully saturated rings. The van der Waals surface area contributed by atoms with Crippen molar-refractivity contribution >= 4 is 15.9 Å². The third-order valence-corrected chi connectivity index (χ3v) is 3.30. The maximum Gasteiger partial charge on any atom is 0.133 e. The minimum Gasteiger partial charge on any atom is -0.488 e. The van der Waals surface area contributed by atoms with Gasteiger partial charge in [0, 0.05) is 5.56 Å². The topological polar surface area (TPSA) is 34.4 Å². The van der Waals surface area contributed by atoms with Crippen molar-refractivity contribution in [2.75, 3.05) is 7.05 Å². The van der Waals surface area contributed by atoms with Crippen molar-refractivity contribution < 1.29 is 9.15 Å². The minimum atomic E-state index is 0.516. The first-order valence-electron chi connectivity index (χ1n) is 5.81. The van der Waals surface area contributed by atoms with E-state index in [0.29, 0.717) is 6.61 Å². The molecule has 0 spiro atoms. The average molecular weight is 310 g/mol. The molecule has 0 aliphatic heterocycles. The predicted molar refractivity (Wildman–Crippen MR) is 74.7 cm³/mol. The molecule has 1 aromatic heterocycles. The maximum atomic E-state index is 5.77. The van der Waals surface area contributed by atoms with E-state index in [1.165, 1.54) is 0 Å². The van der Waals surface area contributed by atoms with Crippen LogP contribution in [0.15, 0.2) is 39.2 Å². The Hall–Kier alpha value is -1.26. The molecule has 0 saturated carbocycles. The number of nitrogens with one attached hydrogen (secondary N) is 1. The maximum absolute atomic E-state index is 5.77. The molecule has 2 rings (SSSR count). The molecular formula is C14H16BrNO2. The van der Waals surface area contributed by atoms with E-state index in [4.69, 9.17) is 9.15 Å². The number of ether oxygens (including phenoxy) is 1. The zero-order valence-electron chi connectivity index (χ0n) is 10.5. The number of hydrogen-bond donors (Lipinski definition) is 1. The predicted octanol–water partition coefficient (Wildman–Crippen LogP) is 3.65. The third kappa shape index (κ3) is 3.15. The molecule has 0 saturated heterocycles. The fourth-order valence-corrected chi connectivity index (χ4v) is 2.11. The van der Waals surface area contributed by atoms with Crippen LogP contribution in [0.1, 0.15) is 17.1 Å². The second kappa shape index (κ2) is 6.07. The first-order valence-corrected chi connectivity index (χ1v) is 6.60. The fraction of sp³-hybridized carbons (Fsp3) is 0.286. The monoisotopic (exact) mass is 309 g/mol. The van der Waals surface area contributed by atoms with Gasteiger partial charge in [-0.3, -0.25) is 0 Å². The van der Waals surface area contributed by atoms with Gasteiger partial charge in [0.05, 0.1) is 11.0 Å². The zero-order valence-corrected chi connectivity index (χ0v) is 12.1. The highest BCUT2D eigenvalue weighted by Gasteiger charge is 2.08. The van der Waals surface area contributed by atoms with Gasteiger partial charge in [0.1, 0.15) is 23.9 Å². The Morgan fingerprint density at radius 1 is 1.33 bits per heavy atom. The van der Waals surface area contributed by atoms with Gasteiger partial charge in [0.25, 0.3) is 0 Å². The standard InChI is InChI=1S/C14H16BrNO2/c1-10-11(7-12(18-10)8-16-2)9-17-14-6-4-3-5-13(14)15/h3-7,16H,8-9H2,1-2H3. The lowest BCUT2D eigenvalue weighted by Gasteiger charge is -2.06. The SMILES string of the molecule is CNCc1cc(COc2ccccc2Br)c(C)o1. The molecule has 0 aliphatic rings. The lowest BCUT2D eigenvalue weighted by atomic mass is 10.2. The summed E-state index contributed by atoms with van der Waals surface area (Å²) in [5.74, 6) is 2.68. The van der Waals surface area contributed by atoms with E-state index in [2.05, 4.69) is 21.2 Å². The highest BCUT2D eigenvalue weighted by atomic mass is 79.9. The normalized spacial score (nSPS) is 10.6. The third-order valence-electron chi connectivity index (χ3n) is 2.64. The molecule has 4 heteroatoms. The van der Waals surface area contributed by atoms with Crippen LogP contribution in [0.5, 0.6) is 5.75 Å². The van der Waals surface area contributed by atoms with Crippen LogP contribution in [0, 0.1) is 6.92 Å². The van der Waals surface area contributed by atoms with Gasteiger partial charge in [-0.15, -0.1) is 0 Å². The summed E-state index contributed by atoms with van der Waals surface area (Å²) >= 11 is 3.46. The van der Waals surface area contributed by atoms with Crippen LogP contribution in [0.2, 0.25) is 0 Å². The Labute approximate surface area is 115 Å². The highest BCUT2D eigenvalue weighted by molar-refractivity contribution is 9.10. The van der Waals surface area contributed by atoms with Gasteiger partial charge in [-0.05, 0) is 48.1 Å². The molecule has 0 unspecified atom stereocenters. The summed E-state index contributed by atoms with van der Waals surface area (Å²) in [6, 6.07) is 9.85. The second-order valence-electron chi connectivity index (χ2n) is 4.04. The van der Waals surface area contributed by atoms with Crippen LogP contribution < -0.4 is 10.1 Å². The summed E-state index contributed by atoms with van der Waals surface area (Å²) in [5.41, 5.74) is 1.08. The molecule has 18 heavy (non-hydrogen) atoms. The van der Waals surface area contributed by atoms with Gasteiger partial charge in [-0.1, -0.05) is 12.1 Å². The molecule has 1 N–H and O–H groups in total. The van der Waals surface area contributed by atoms with E-state index in [1.54, 1.807) is 0 Å². The average Bonchev–Trinajstić information content (AvgIpc) is 2.69. The zero-order chi connectivity index (χ0) is 13.0.